The average molecular weight is 424 g/mol. The second kappa shape index (κ2) is 8.28. The number of amides is 1. The van der Waals surface area contributed by atoms with Crippen molar-refractivity contribution in [1.29, 1.82) is 0 Å². The summed E-state index contributed by atoms with van der Waals surface area (Å²) in [7, 11) is 1.65. The van der Waals surface area contributed by atoms with Crippen LogP contribution in [-0.2, 0) is 22.7 Å². The number of nitrogens with one attached hydrogen (secondary N) is 1. The molecule has 1 amide bonds. The summed E-state index contributed by atoms with van der Waals surface area (Å²) in [6.07, 6.45) is 4.15. The van der Waals surface area contributed by atoms with Crippen LogP contribution in [0.15, 0.2) is 30.3 Å². The van der Waals surface area contributed by atoms with Crippen LogP contribution in [0, 0.1) is 0 Å². The molecule has 3 aromatic rings. The molecule has 7 nitrogen and oxygen atoms in total. The van der Waals surface area contributed by atoms with Crippen LogP contribution in [0.4, 0.5) is 5.13 Å². The molecule has 1 aliphatic carbocycles. The summed E-state index contributed by atoms with van der Waals surface area (Å²) >= 11 is 1.62. The first kappa shape index (κ1) is 19.4. The van der Waals surface area contributed by atoms with Crippen LogP contribution in [0.1, 0.15) is 48.7 Å². The summed E-state index contributed by atoms with van der Waals surface area (Å²) < 4.78 is 6.30. The van der Waals surface area contributed by atoms with E-state index in [1.54, 1.807) is 18.4 Å². The molecule has 1 atom stereocenters. The van der Waals surface area contributed by atoms with E-state index in [2.05, 4.69) is 15.2 Å². The molecule has 1 saturated heterocycles. The SMILES string of the molecule is COCc1nc(C2CC2)c2sc(N3CCC[C@@H]3C(=O)NCc3ccccc3)nc2n1. The number of carbonyl (C=O) groups is 1. The molecular formula is C22H25N5O2S. The fourth-order valence-corrected chi connectivity index (χ4v) is 5.15. The van der Waals surface area contributed by atoms with Crippen LogP contribution in [0.25, 0.3) is 10.3 Å². The number of carbonyl (C=O) groups excluding carboxylic acids is 1. The molecule has 2 aromatic heterocycles. The van der Waals surface area contributed by atoms with E-state index in [4.69, 9.17) is 14.7 Å². The normalized spacial score (nSPS) is 18.8. The van der Waals surface area contributed by atoms with Gasteiger partial charge in [0.25, 0.3) is 0 Å². The predicted molar refractivity (Wildman–Crippen MR) is 117 cm³/mol. The van der Waals surface area contributed by atoms with Crippen LogP contribution in [-0.4, -0.2) is 40.6 Å². The summed E-state index contributed by atoms with van der Waals surface area (Å²) in [6.45, 7) is 1.76. The molecule has 1 N–H and O–H groups in total. The van der Waals surface area contributed by atoms with Gasteiger partial charge in [0.05, 0.1) is 10.4 Å². The molecular weight excluding hydrogens is 398 g/mol. The van der Waals surface area contributed by atoms with Crippen molar-refractivity contribution in [3.05, 3.63) is 47.4 Å². The fourth-order valence-electron chi connectivity index (χ4n) is 4.00. The van der Waals surface area contributed by atoms with Crippen LogP contribution in [0.5, 0.6) is 0 Å². The Morgan fingerprint density at radius 1 is 1.20 bits per heavy atom. The first-order valence-electron chi connectivity index (χ1n) is 10.5. The number of thiazole rings is 1. The van der Waals surface area contributed by atoms with Crippen molar-refractivity contribution in [1.82, 2.24) is 20.3 Å². The first-order valence-corrected chi connectivity index (χ1v) is 11.3. The van der Waals surface area contributed by atoms with Gasteiger partial charge in [0.1, 0.15) is 12.6 Å². The minimum absolute atomic E-state index is 0.0594. The van der Waals surface area contributed by atoms with Gasteiger partial charge in [-0.3, -0.25) is 4.79 Å². The molecule has 3 heterocycles. The number of anilines is 1. The van der Waals surface area contributed by atoms with Crippen molar-refractivity contribution >= 4 is 32.7 Å². The maximum Gasteiger partial charge on any atom is 0.243 e. The number of hydrogen-bond acceptors (Lipinski definition) is 7. The Balaban J connectivity index is 1.38. The van der Waals surface area contributed by atoms with Crippen LogP contribution >= 0.6 is 11.3 Å². The lowest BCUT2D eigenvalue weighted by molar-refractivity contribution is -0.122. The van der Waals surface area contributed by atoms with Crippen molar-refractivity contribution in [3.8, 4) is 0 Å². The predicted octanol–water partition coefficient (Wildman–Crippen LogP) is 3.40. The molecule has 30 heavy (non-hydrogen) atoms. The van der Waals surface area contributed by atoms with E-state index in [0.29, 0.717) is 24.9 Å². The summed E-state index contributed by atoms with van der Waals surface area (Å²) in [5.41, 5.74) is 2.93. The molecule has 0 radical (unpaired) electrons. The number of benzene rings is 1. The molecule has 1 aromatic carbocycles. The maximum atomic E-state index is 12.9. The number of ether oxygens (including phenoxy) is 1. The number of hydrogen-bond donors (Lipinski definition) is 1. The lowest BCUT2D eigenvalue weighted by Gasteiger charge is -2.23. The zero-order chi connectivity index (χ0) is 20.5. The van der Waals surface area contributed by atoms with Gasteiger partial charge in [-0.15, -0.1) is 0 Å². The summed E-state index contributed by atoms with van der Waals surface area (Å²) in [5, 5.41) is 3.96. The van der Waals surface area contributed by atoms with Gasteiger partial charge in [0.15, 0.2) is 16.6 Å². The first-order chi connectivity index (χ1) is 14.7. The lowest BCUT2D eigenvalue weighted by atomic mass is 10.2. The highest BCUT2D eigenvalue weighted by Gasteiger charge is 2.34. The van der Waals surface area contributed by atoms with Gasteiger partial charge >= 0.3 is 0 Å². The summed E-state index contributed by atoms with van der Waals surface area (Å²) in [5.74, 6) is 1.24. The zero-order valence-electron chi connectivity index (χ0n) is 17.0. The molecule has 2 aliphatic rings. The van der Waals surface area contributed by atoms with Crippen molar-refractivity contribution in [2.45, 2.75) is 50.8 Å². The smallest absolute Gasteiger partial charge is 0.243 e. The molecule has 0 unspecified atom stereocenters. The van der Waals surface area contributed by atoms with Crippen molar-refractivity contribution in [2.75, 3.05) is 18.6 Å². The van der Waals surface area contributed by atoms with E-state index in [9.17, 15) is 4.79 Å². The third kappa shape index (κ3) is 3.89. The molecule has 0 spiro atoms. The number of methoxy groups -OCH3 is 1. The van der Waals surface area contributed by atoms with Gasteiger partial charge in [-0.25, -0.2) is 9.97 Å². The standard InChI is InChI=1S/C22H25N5O2S/c1-29-13-17-24-18(15-9-10-15)19-20(25-17)26-22(30-19)27-11-5-8-16(27)21(28)23-12-14-6-3-2-4-7-14/h2-4,6-7,15-16H,5,8-13H2,1H3,(H,23,28)/t16-/m1/s1. The minimum atomic E-state index is -0.190. The van der Waals surface area contributed by atoms with Crippen LogP contribution in [0.2, 0.25) is 0 Å². The van der Waals surface area contributed by atoms with Crippen molar-refractivity contribution in [3.63, 3.8) is 0 Å². The molecule has 156 valence electrons. The highest BCUT2D eigenvalue weighted by molar-refractivity contribution is 7.22. The van der Waals surface area contributed by atoms with Gasteiger partial charge in [-0.1, -0.05) is 41.7 Å². The van der Waals surface area contributed by atoms with Crippen LogP contribution in [0.3, 0.4) is 0 Å². The molecule has 0 bridgehead atoms. The topological polar surface area (TPSA) is 80.2 Å². The number of fused-ring (bicyclic) bond motifs is 1. The highest BCUT2D eigenvalue weighted by Crippen LogP contribution is 2.44. The summed E-state index contributed by atoms with van der Waals surface area (Å²) in [4.78, 5) is 29.2. The third-order valence-corrected chi connectivity index (χ3v) is 6.77. The van der Waals surface area contributed by atoms with Gasteiger partial charge < -0.3 is 15.0 Å². The Morgan fingerprint density at radius 2 is 2.03 bits per heavy atom. The number of rotatable bonds is 7. The Bertz CT molecular complexity index is 1050. The maximum absolute atomic E-state index is 12.9. The van der Waals surface area contributed by atoms with E-state index in [0.717, 1.165) is 46.1 Å². The van der Waals surface area contributed by atoms with E-state index >= 15 is 0 Å². The Kier molecular flexibility index (Phi) is 5.35. The summed E-state index contributed by atoms with van der Waals surface area (Å²) in [6, 6.07) is 9.81. The van der Waals surface area contributed by atoms with Gasteiger partial charge in [-0.05, 0) is 31.2 Å². The minimum Gasteiger partial charge on any atom is -0.377 e. The molecule has 5 rings (SSSR count). The second-order valence-corrected chi connectivity index (χ2v) is 8.91. The molecule has 1 aliphatic heterocycles. The van der Waals surface area contributed by atoms with Gasteiger partial charge in [0.2, 0.25) is 5.91 Å². The third-order valence-electron chi connectivity index (χ3n) is 5.66. The highest BCUT2D eigenvalue weighted by atomic mass is 32.1. The molecule has 2 fully saturated rings. The van der Waals surface area contributed by atoms with E-state index in [1.165, 1.54) is 12.8 Å². The monoisotopic (exact) mass is 423 g/mol. The van der Waals surface area contributed by atoms with Gasteiger partial charge in [0, 0.05) is 26.1 Å². The fraction of sp³-hybridized carbons (Fsp3) is 0.455. The van der Waals surface area contributed by atoms with E-state index < -0.39 is 0 Å². The quantitative estimate of drug-likeness (QED) is 0.627. The average Bonchev–Trinajstić information content (AvgIpc) is 3.33. The Labute approximate surface area is 179 Å². The largest absolute Gasteiger partial charge is 0.377 e. The zero-order valence-corrected chi connectivity index (χ0v) is 17.8. The number of aromatic nitrogens is 3. The number of nitrogens with zero attached hydrogens (tertiary/aromatic N) is 4. The second-order valence-electron chi connectivity index (χ2n) is 7.94. The van der Waals surface area contributed by atoms with E-state index in [-0.39, 0.29) is 11.9 Å². The molecule has 1 saturated carbocycles. The van der Waals surface area contributed by atoms with Crippen LogP contribution < -0.4 is 10.2 Å². The Morgan fingerprint density at radius 3 is 2.80 bits per heavy atom. The lowest BCUT2D eigenvalue weighted by Crippen LogP contribution is -2.43. The van der Waals surface area contributed by atoms with Gasteiger partial charge in [-0.2, -0.15) is 4.98 Å². The van der Waals surface area contributed by atoms with E-state index in [1.807, 2.05) is 30.3 Å². The van der Waals surface area contributed by atoms with Crippen molar-refractivity contribution in [2.24, 2.45) is 0 Å². The molecule has 8 heteroatoms. The van der Waals surface area contributed by atoms with Crippen molar-refractivity contribution < 1.29 is 9.53 Å². The Hall–Kier alpha value is -2.58.